The molecule has 5 heteroatoms. The van der Waals surface area contributed by atoms with Crippen LogP contribution in [-0.2, 0) is 0 Å². The smallest absolute Gasteiger partial charge is 0.260 e. The van der Waals surface area contributed by atoms with Crippen molar-refractivity contribution in [2.75, 3.05) is 27.2 Å². The second-order valence-electron chi connectivity index (χ2n) is 4.67. The summed E-state index contributed by atoms with van der Waals surface area (Å²) < 4.78 is 19.0. The summed E-state index contributed by atoms with van der Waals surface area (Å²) >= 11 is 0. The minimum Gasteiger partial charge on any atom is -0.496 e. The zero-order valence-electron chi connectivity index (χ0n) is 11.3. The standard InChI is InChI=1S/C14H19FN2O2/c1-16-9-10-5-4-8-17(10)14(18)13-11(15)6-3-7-12(13)19-2/h3,6-7,10,16H,4-5,8-9H2,1-2H3. The van der Waals surface area contributed by atoms with Gasteiger partial charge in [0.15, 0.2) is 0 Å². The van der Waals surface area contributed by atoms with E-state index in [0.717, 1.165) is 19.4 Å². The highest BCUT2D eigenvalue weighted by Crippen LogP contribution is 2.26. The molecular formula is C14H19FN2O2. The summed E-state index contributed by atoms with van der Waals surface area (Å²) in [5.74, 6) is -0.521. The van der Waals surface area contributed by atoms with E-state index in [1.165, 1.54) is 13.2 Å². The first-order valence-electron chi connectivity index (χ1n) is 6.47. The van der Waals surface area contributed by atoms with Gasteiger partial charge in [0.05, 0.1) is 7.11 Å². The number of amides is 1. The van der Waals surface area contributed by atoms with Gasteiger partial charge in [0, 0.05) is 19.1 Å². The maximum absolute atomic E-state index is 13.9. The Morgan fingerprint density at radius 3 is 3.05 bits per heavy atom. The lowest BCUT2D eigenvalue weighted by Crippen LogP contribution is -2.41. The van der Waals surface area contributed by atoms with Gasteiger partial charge < -0.3 is 15.0 Å². The fourth-order valence-corrected chi connectivity index (χ4v) is 2.58. The number of nitrogens with zero attached hydrogens (tertiary/aromatic N) is 1. The van der Waals surface area contributed by atoms with E-state index in [-0.39, 0.29) is 17.5 Å². The van der Waals surface area contributed by atoms with Gasteiger partial charge in [-0.3, -0.25) is 4.79 Å². The van der Waals surface area contributed by atoms with Gasteiger partial charge >= 0.3 is 0 Å². The van der Waals surface area contributed by atoms with Gasteiger partial charge in [-0.05, 0) is 32.0 Å². The Bertz CT molecular complexity index is 465. The highest BCUT2D eigenvalue weighted by molar-refractivity contribution is 5.97. The Labute approximate surface area is 112 Å². The normalized spacial score (nSPS) is 18.7. The number of benzene rings is 1. The quantitative estimate of drug-likeness (QED) is 0.901. The van der Waals surface area contributed by atoms with E-state index in [2.05, 4.69) is 5.32 Å². The molecule has 1 saturated heterocycles. The average molecular weight is 266 g/mol. The zero-order valence-corrected chi connectivity index (χ0v) is 11.3. The minimum atomic E-state index is -0.528. The predicted octanol–water partition coefficient (Wildman–Crippen LogP) is 1.66. The molecule has 2 rings (SSSR count). The summed E-state index contributed by atoms with van der Waals surface area (Å²) in [6.07, 6.45) is 1.90. The van der Waals surface area contributed by atoms with Crippen LogP contribution < -0.4 is 10.1 Å². The van der Waals surface area contributed by atoms with Crippen LogP contribution in [0.1, 0.15) is 23.2 Å². The molecular weight excluding hydrogens is 247 g/mol. The number of hydrogen-bond donors (Lipinski definition) is 1. The molecule has 0 spiro atoms. The van der Waals surface area contributed by atoms with E-state index in [1.54, 1.807) is 17.0 Å². The summed E-state index contributed by atoms with van der Waals surface area (Å²) in [5.41, 5.74) is 0.0352. The molecule has 1 N–H and O–H groups in total. The number of carbonyl (C=O) groups excluding carboxylic acids is 1. The SMILES string of the molecule is CNCC1CCCN1C(=O)c1c(F)cccc1OC. The van der Waals surface area contributed by atoms with Crippen molar-refractivity contribution in [2.45, 2.75) is 18.9 Å². The van der Waals surface area contributed by atoms with Gasteiger partial charge in [0.1, 0.15) is 17.1 Å². The fourth-order valence-electron chi connectivity index (χ4n) is 2.58. The third-order valence-corrected chi connectivity index (χ3v) is 3.49. The number of ether oxygens (including phenoxy) is 1. The number of methoxy groups -OCH3 is 1. The Kier molecular flexibility index (Phi) is 4.37. The van der Waals surface area contributed by atoms with Crippen molar-refractivity contribution in [1.29, 1.82) is 0 Å². The summed E-state index contributed by atoms with van der Waals surface area (Å²) in [5, 5.41) is 3.07. The Morgan fingerprint density at radius 1 is 1.58 bits per heavy atom. The summed E-state index contributed by atoms with van der Waals surface area (Å²) in [7, 11) is 3.30. The Balaban J connectivity index is 2.29. The van der Waals surface area contributed by atoms with Crippen LogP contribution in [0.2, 0.25) is 0 Å². The van der Waals surface area contributed by atoms with Crippen molar-refractivity contribution < 1.29 is 13.9 Å². The highest BCUT2D eigenvalue weighted by Gasteiger charge is 2.31. The highest BCUT2D eigenvalue weighted by atomic mass is 19.1. The predicted molar refractivity (Wildman–Crippen MR) is 70.9 cm³/mol. The molecule has 0 aromatic heterocycles. The molecule has 0 saturated carbocycles. The molecule has 0 radical (unpaired) electrons. The number of likely N-dealkylation sites (N-methyl/N-ethyl adjacent to an activating group) is 1. The van der Waals surface area contributed by atoms with E-state index >= 15 is 0 Å². The molecule has 1 amide bonds. The third-order valence-electron chi connectivity index (χ3n) is 3.49. The van der Waals surface area contributed by atoms with Crippen LogP contribution >= 0.6 is 0 Å². The number of hydrogen-bond acceptors (Lipinski definition) is 3. The lowest BCUT2D eigenvalue weighted by Gasteiger charge is -2.25. The molecule has 4 nitrogen and oxygen atoms in total. The van der Waals surface area contributed by atoms with Gasteiger partial charge in [-0.2, -0.15) is 0 Å². The van der Waals surface area contributed by atoms with E-state index in [1.807, 2.05) is 7.05 Å². The van der Waals surface area contributed by atoms with E-state index in [4.69, 9.17) is 4.74 Å². The topological polar surface area (TPSA) is 41.6 Å². The molecule has 1 unspecified atom stereocenters. The van der Waals surface area contributed by atoms with Gasteiger partial charge in [-0.25, -0.2) is 4.39 Å². The van der Waals surface area contributed by atoms with Crippen LogP contribution in [0.3, 0.4) is 0 Å². The first-order valence-corrected chi connectivity index (χ1v) is 6.47. The molecule has 1 heterocycles. The second-order valence-corrected chi connectivity index (χ2v) is 4.67. The van der Waals surface area contributed by atoms with Crippen molar-refractivity contribution in [1.82, 2.24) is 10.2 Å². The van der Waals surface area contributed by atoms with Crippen LogP contribution in [0.25, 0.3) is 0 Å². The molecule has 1 aromatic carbocycles. The molecule has 1 aromatic rings. The number of carbonyl (C=O) groups is 1. The number of nitrogens with one attached hydrogen (secondary N) is 1. The average Bonchev–Trinajstić information content (AvgIpc) is 2.86. The maximum Gasteiger partial charge on any atom is 0.260 e. The van der Waals surface area contributed by atoms with Crippen LogP contribution in [0.15, 0.2) is 18.2 Å². The van der Waals surface area contributed by atoms with E-state index < -0.39 is 5.82 Å². The van der Waals surface area contributed by atoms with E-state index in [0.29, 0.717) is 12.3 Å². The Hall–Kier alpha value is -1.62. The number of rotatable bonds is 4. The third kappa shape index (κ3) is 2.71. The molecule has 19 heavy (non-hydrogen) atoms. The van der Waals surface area contributed by atoms with Crippen molar-refractivity contribution in [2.24, 2.45) is 0 Å². The maximum atomic E-state index is 13.9. The van der Waals surface area contributed by atoms with Crippen molar-refractivity contribution in [3.8, 4) is 5.75 Å². The van der Waals surface area contributed by atoms with Gasteiger partial charge in [0.2, 0.25) is 0 Å². The summed E-state index contributed by atoms with van der Waals surface area (Å²) in [4.78, 5) is 14.2. The molecule has 1 atom stereocenters. The lowest BCUT2D eigenvalue weighted by atomic mass is 10.1. The van der Waals surface area contributed by atoms with Crippen LogP contribution in [-0.4, -0.2) is 44.1 Å². The van der Waals surface area contributed by atoms with Crippen molar-refractivity contribution in [3.63, 3.8) is 0 Å². The van der Waals surface area contributed by atoms with Crippen LogP contribution in [0.5, 0.6) is 5.75 Å². The molecule has 1 aliphatic heterocycles. The number of halogens is 1. The first kappa shape index (κ1) is 13.8. The van der Waals surface area contributed by atoms with Gasteiger partial charge in [0.25, 0.3) is 5.91 Å². The van der Waals surface area contributed by atoms with E-state index in [9.17, 15) is 9.18 Å². The van der Waals surface area contributed by atoms with Crippen molar-refractivity contribution >= 4 is 5.91 Å². The monoisotopic (exact) mass is 266 g/mol. The fraction of sp³-hybridized carbons (Fsp3) is 0.500. The summed E-state index contributed by atoms with van der Waals surface area (Å²) in [6, 6.07) is 4.57. The van der Waals surface area contributed by atoms with Gasteiger partial charge in [-0.15, -0.1) is 0 Å². The van der Waals surface area contributed by atoms with Crippen molar-refractivity contribution in [3.05, 3.63) is 29.6 Å². The Morgan fingerprint density at radius 2 is 2.37 bits per heavy atom. The van der Waals surface area contributed by atoms with Crippen LogP contribution in [0, 0.1) is 5.82 Å². The molecule has 1 aliphatic rings. The molecule has 104 valence electrons. The molecule has 0 aliphatic carbocycles. The first-order chi connectivity index (χ1) is 9.19. The second kappa shape index (κ2) is 6.02. The minimum absolute atomic E-state index is 0.0352. The largest absolute Gasteiger partial charge is 0.496 e. The molecule has 0 bridgehead atoms. The lowest BCUT2D eigenvalue weighted by molar-refractivity contribution is 0.0728. The zero-order chi connectivity index (χ0) is 13.8. The molecule has 1 fully saturated rings. The number of likely N-dealkylation sites (tertiary alicyclic amines) is 1. The van der Waals surface area contributed by atoms with Gasteiger partial charge in [-0.1, -0.05) is 6.07 Å². The summed E-state index contributed by atoms with van der Waals surface area (Å²) in [6.45, 7) is 1.39. The van der Waals surface area contributed by atoms with Crippen LogP contribution in [0.4, 0.5) is 4.39 Å².